The van der Waals surface area contributed by atoms with Gasteiger partial charge in [0, 0.05) is 17.3 Å². The lowest BCUT2D eigenvalue weighted by molar-refractivity contribution is 0.245. The molecule has 0 aromatic heterocycles. The molecule has 1 aromatic rings. The van der Waals surface area contributed by atoms with Crippen LogP contribution in [0.4, 0.5) is 10.5 Å². The first-order chi connectivity index (χ1) is 9.20. The van der Waals surface area contributed by atoms with Crippen molar-refractivity contribution in [2.75, 3.05) is 11.9 Å². The zero-order valence-electron chi connectivity index (χ0n) is 10.9. The van der Waals surface area contributed by atoms with Crippen LogP contribution < -0.4 is 10.6 Å². The molecule has 2 saturated carbocycles. The predicted octanol–water partition coefficient (Wildman–Crippen LogP) is 3.90. The van der Waals surface area contributed by atoms with Crippen LogP contribution in [0.25, 0.3) is 0 Å². The second-order valence-electron chi connectivity index (χ2n) is 5.78. The molecule has 2 N–H and O–H groups in total. The topological polar surface area (TPSA) is 41.1 Å². The van der Waals surface area contributed by atoms with E-state index < -0.39 is 0 Å². The van der Waals surface area contributed by atoms with Crippen LogP contribution in [0.2, 0.25) is 5.02 Å². The van der Waals surface area contributed by atoms with Gasteiger partial charge in [0.15, 0.2) is 0 Å². The molecular weight excluding hydrogens is 260 g/mol. The quantitative estimate of drug-likeness (QED) is 0.865. The van der Waals surface area contributed by atoms with E-state index in [1.165, 1.54) is 25.7 Å². The molecule has 19 heavy (non-hydrogen) atoms. The molecule has 0 heterocycles. The first kappa shape index (κ1) is 12.8. The van der Waals surface area contributed by atoms with Crippen molar-refractivity contribution in [1.82, 2.24) is 5.32 Å². The maximum atomic E-state index is 11.8. The molecule has 2 bridgehead atoms. The second kappa shape index (κ2) is 5.41. The predicted molar refractivity (Wildman–Crippen MR) is 77.4 cm³/mol. The van der Waals surface area contributed by atoms with E-state index in [9.17, 15) is 4.79 Å². The van der Waals surface area contributed by atoms with Gasteiger partial charge in [-0.05, 0) is 55.2 Å². The summed E-state index contributed by atoms with van der Waals surface area (Å²) in [4.78, 5) is 11.8. The Balaban J connectivity index is 1.47. The summed E-state index contributed by atoms with van der Waals surface area (Å²) in [5.74, 6) is 2.45. The fraction of sp³-hybridized carbons (Fsp3) is 0.533. The Hall–Kier alpha value is -1.22. The fourth-order valence-electron chi connectivity index (χ4n) is 3.59. The second-order valence-corrected chi connectivity index (χ2v) is 6.22. The number of carbonyl (C=O) groups is 1. The highest BCUT2D eigenvalue weighted by molar-refractivity contribution is 6.30. The zero-order chi connectivity index (χ0) is 13.2. The van der Waals surface area contributed by atoms with Crippen molar-refractivity contribution in [3.05, 3.63) is 29.3 Å². The number of hydrogen-bond acceptors (Lipinski definition) is 1. The van der Waals surface area contributed by atoms with Gasteiger partial charge in [-0.3, -0.25) is 0 Å². The summed E-state index contributed by atoms with van der Waals surface area (Å²) in [6.07, 6.45) is 5.42. The Kier molecular flexibility index (Phi) is 3.65. The highest BCUT2D eigenvalue weighted by Crippen LogP contribution is 2.47. The van der Waals surface area contributed by atoms with E-state index in [2.05, 4.69) is 10.6 Å². The van der Waals surface area contributed by atoms with Gasteiger partial charge in [-0.25, -0.2) is 4.79 Å². The first-order valence-electron chi connectivity index (χ1n) is 7.01. The normalized spacial score (nSPS) is 28.4. The highest BCUT2D eigenvalue weighted by Gasteiger charge is 2.39. The van der Waals surface area contributed by atoms with E-state index in [-0.39, 0.29) is 6.03 Å². The number of carbonyl (C=O) groups excluding carboxylic acids is 1. The maximum Gasteiger partial charge on any atom is 0.319 e. The first-order valence-corrected chi connectivity index (χ1v) is 7.39. The van der Waals surface area contributed by atoms with E-state index in [1.807, 2.05) is 12.1 Å². The van der Waals surface area contributed by atoms with E-state index in [4.69, 9.17) is 11.6 Å². The monoisotopic (exact) mass is 278 g/mol. The van der Waals surface area contributed by atoms with Crippen LogP contribution in [-0.4, -0.2) is 12.6 Å². The van der Waals surface area contributed by atoms with Crippen molar-refractivity contribution < 1.29 is 4.79 Å². The number of amides is 2. The van der Waals surface area contributed by atoms with Crippen molar-refractivity contribution in [1.29, 1.82) is 0 Å². The van der Waals surface area contributed by atoms with Crippen LogP contribution in [0.15, 0.2) is 24.3 Å². The van der Waals surface area contributed by atoms with Gasteiger partial charge in [-0.2, -0.15) is 0 Å². The molecule has 2 aliphatic rings. The van der Waals surface area contributed by atoms with Crippen molar-refractivity contribution in [3.8, 4) is 0 Å². The molecule has 102 valence electrons. The molecule has 3 nitrogen and oxygen atoms in total. The Morgan fingerprint density at radius 1 is 1.32 bits per heavy atom. The Bertz CT molecular complexity index is 477. The number of rotatable bonds is 3. The molecule has 2 amide bonds. The molecule has 0 saturated heterocycles. The molecule has 3 unspecified atom stereocenters. The van der Waals surface area contributed by atoms with Crippen LogP contribution in [-0.2, 0) is 0 Å². The zero-order valence-corrected chi connectivity index (χ0v) is 11.6. The van der Waals surface area contributed by atoms with Crippen LogP contribution >= 0.6 is 11.6 Å². The number of halogens is 1. The van der Waals surface area contributed by atoms with Gasteiger partial charge in [0.2, 0.25) is 0 Å². The molecule has 3 rings (SSSR count). The SMILES string of the molecule is O=C(NCC1CC2CCC1C2)Nc1cccc(Cl)c1. The molecule has 3 atom stereocenters. The van der Waals surface area contributed by atoms with E-state index >= 15 is 0 Å². The van der Waals surface area contributed by atoms with E-state index in [1.54, 1.807) is 12.1 Å². The third-order valence-corrected chi connectivity index (χ3v) is 4.73. The number of benzene rings is 1. The average Bonchev–Trinajstić information content (AvgIpc) is 2.98. The molecule has 0 aliphatic heterocycles. The van der Waals surface area contributed by atoms with E-state index in [0.717, 1.165) is 24.1 Å². The minimum Gasteiger partial charge on any atom is -0.338 e. The minimum atomic E-state index is -0.134. The molecule has 2 fully saturated rings. The highest BCUT2D eigenvalue weighted by atomic mass is 35.5. The molecular formula is C15H19ClN2O. The van der Waals surface area contributed by atoms with Crippen molar-refractivity contribution in [2.45, 2.75) is 25.7 Å². The Morgan fingerprint density at radius 2 is 2.21 bits per heavy atom. The Morgan fingerprint density at radius 3 is 2.89 bits per heavy atom. The number of urea groups is 1. The minimum absolute atomic E-state index is 0.134. The van der Waals surface area contributed by atoms with Gasteiger partial charge in [0.25, 0.3) is 0 Å². The number of nitrogens with one attached hydrogen (secondary N) is 2. The van der Waals surface area contributed by atoms with Gasteiger partial charge in [-0.1, -0.05) is 24.1 Å². The van der Waals surface area contributed by atoms with Crippen LogP contribution in [0.5, 0.6) is 0 Å². The lowest BCUT2D eigenvalue weighted by Crippen LogP contribution is -2.34. The molecule has 2 aliphatic carbocycles. The van der Waals surface area contributed by atoms with Crippen molar-refractivity contribution >= 4 is 23.3 Å². The van der Waals surface area contributed by atoms with Gasteiger partial charge in [0.05, 0.1) is 0 Å². The van der Waals surface area contributed by atoms with Crippen LogP contribution in [0.1, 0.15) is 25.7 Å². The molecule has 0 radical (unpaired) electrons. The lowest BCUT2D eigenvalue weighted by atomic mass is 9.89. The van der Waals surface area contributed by atoms with Crippen molar-refractivity contribution in [3.63, 3.8) is 0 Å². The third kappa shape index (κ3) is 3.03. The molecule has 4 heteroatoms. The van der Waals surface area contributed by atoms with Gasteiger partial charge < -0.3 is 10.6 Å². The average molecular weight is 279 g/mol. The summed E-state index contributed by atoms with van der Waals surface area (Å²) in [5.41, 5.74) is 0.734. The van der Waals surface area contributed by atoms with Gasteiger partial charge >= 0.3 is 6.03 Å². The summed E-state index contributed by atoms with van der Waals surface area (Å²) >= 11 is 5.88. The summed E-state index contributed by atoms with van der Waals surface area (Å²) in [7, 11) is 0. The third-order valence-electron chi connectivity index (χ3n) is 4.49. The van der Waals surface area contributed by atoms with Gasteiger partial charge in [0.1, 0.15) is 0 Å². The molecule has 0 spiro atoms. The van der Waals surface area contributed by atoms with Crippen LogP contribution in [0, 0.1) is 17.8 Å². The fourth-order valence-corrected chi connectivity index (χ4v) is 3.78. The standard InChI is InChI=1S/C15H19ClN2O/c16-13-2-1-3-14(8-13)18-15(19)17-9-12-7-10-4-5-11(12)6-10/h1-3,8,10-12H,4-7,9H2,(H2,17,18,19). The Labute approximate surface area is 118 Å². The van der Waals surface area contributed by atoms with Gasteiger partial charge in [-0.15, -0.1) is 0 Å². The largest absolute Gasteiger partial charge is 0.338 e. The number of fused-ring (bicyclic) bond motifs is 2. The molecule has 1 aromatic carbocycles. The summed E-state index contributed by atoms with van der Waals surface area (Å²) in [6, 6.07) is 7.07. The van der Waals surface area contributed by atoms with Crippen molar-refractivity contribution in [2.24, 2.45) is 17.8 Å². The number of hydrogen-bond donors (Lipinski definition) is 2. The maximum absolute atomic E-state index is 11.8. The number of anilines is 1. The summed E-state index contributed by atoms with van der Waals surface area (Å²) in [5, 5.41) is 6.43. The smallest absolute Gasteiger partial charge is 0.319 e. The van der Waals surface area contributed by atoms with Crippen LogP contribution in [0.3, 0.4) is 0 Å². The van der Waals surface area contributed by atoms with E-state index in [0.29, 0.717) is 10.9 Å². The summed E-state index contributed by atoms with van der Waals surface area (Å²) < 4.78 is 0. The summed E-state index contributed by atoms with van der Waals surface area (Å²) in [6.45, 7) is 0.799. The lowest BCUT2D eigenvalue weighted by Gasteiger charge is -2.21.